The van der Waals surface area contributed by atoms with Crippen LogP contribution in [0.1, 0.15) is 17.7 Å². The Morgan fingerprint density at radius 2 is 2.35 bits per heavy atom. The van der Waals surface area contributed by atoms with E-state index in [9.17, 15) is 4.79 Å². The molecular formula is C14H17N3O2S. The highest BCUT2D eigenvalue weighted by molar-refractivity contribution is 7.13. The van der Waals surface area contributed by atoms with Gasteiger partial charge >= 0.3 is 0 Å². The number of methoxy groups -OCH3 is 1. The van der Waals surface area contributed by atoms with Crippen LogP contribution in [0.5, 0.6) is 0 Å². The van der Waals surface area contributed by atoms with Gasteiger partial charge in [-0.05, 0) is 30.9 Å². The van der Waals surface area contributed by atoms with Crippen LogP contribution in [0.4, 0.5) is 5.13 Å². The molecule has 0 aromatic carbocycles. The van der Waals surface area contributed by atoms with E-state index in [2.05, 4.69) is 4.98 Å². The van der Waals surface area contributed by atoms with E-state index in [0.717, 1.165) is 25.0 Å². The molecule has 5 nitrogen and oxygen atoms in total. The lowest BCUT2D eigenvalue weighted by molar-refractivity contribution is 0.185. The van der Waals surface area contributed by atoms with Gasteiger partial charge in [0, 0.05) is 24.7 Å². The Labute approximate surface area is 121 Å². The third kappa shape index (κ3) is 2.25. The van der Waals surface area contributed by atoms with Gasteiger partial charge in [-0.3, -0.25) is 4.79 Å². The Morgan fingerprint density at radius 1 is 1.50 bits per heavy atom. The highest BCUT2D eigenvalue weighted by Crippen LogP contribution is 2.26. The zero-order chi connectivity index (χ0) is 14.1. The van der Waals surface area contributed by atoms with Crippen molar-refractivity contribution >= 4 is 16.5 Å². The number of pyridine rings is 1. The number of rotatable bonds is 4. The minimum absolute atomic E-state index is 0.00741. The monoisotopic (exact) mass is 291 g/mol. The van der Waals surface area contributed by atoms with Gasteiger partial charge in [-0.15, -0.1) is 11.3 Å². The number of thiazole rings is 1. The SMILES string of the molecule is COCCn1c2c(cc(-c3csc(N)n3)c1=O)CCC2. The highest BCUT2D eigenvalue weighted by Gasteiger charge is 2.20. The van der Waals surface area contributed by atoms with Crippen LogP contribution in [0.25, 0.3) is 11.3 Å². The number of nitrogen functional groups attached to an aromatic ring is 1. The molecule has 0 spiro atoms. The van der Waals surface area contributed by atoms with Gasteiger partial charge in [-0.2, -0.15) is 0 Å². The molecular weight excluding hydrogens is 274 g/mol. The summed E-state index contributed by atoms with van der Waals surface area (Å²) in [4.78, 5) is 16.9. The molecule has 0 aliphatic heterocycles. The number of nitrogens with zero attached hydrogens (tertiary/aromatic N) is 2. The van der Waals surface area contributed by atoms with E-state index in [1.54, 1.807) is 7.11 Å². The normalized spacial score (nSPS) is 13.7. The van der Waals surface area contributed by atoms with Crippen molar-refractivity contribution in [3.8, 4) is 11.3 Å². The number of anilines is 1. The predicted octanol–water partition coefficient (Wildman–Crippen LogP) is 1.69. The van der Waals surface area contributed by atoms with Crippen molar-refractivity contribution in [3.63, 3.8) is 0 Å². The quantitative estimate of drug-likeness (QED) is 0.930. The molecule has 0 atom stereocenters. The Hall–Kier alpha value is -1.66. The first kappa shape index (κ1) is 13.3. The van der Waals surface area contributed by atoms with Gasteiger partial charge in [0.25, 0.3) is 5.56 Å². The van der Waals surface area contributed by atoms with Crippen molar-refractivity contribution in [1.82, 2.24) is 9.55 Å². The lowest BCUT2D eigenvalue weighted by Gasteiger charge is -2.13. The average Bonchev–Trinajstić information content (AvgIpc) is 3.05. The maximum atomic E-state index is 12.7. The van der Waals surface area contributed by atoms with Gasteiger partial charge in [0.15, 0.2) is 5.13 Å². The van der Waals surface area contributed by atoms with E-state index in [1.807, 2.05) is 16.0 Å². The van der Waals surface area contributed by atoms with Crippen molar-refractivity contribution in [2.45, 2.75) is 25.8 Å². The molecule has 2 aromatic heterocycles. The smallest absolute Gasteiger partial charge is 0.260 e. The predicted molar refractivity (Wildman–Crippen MR) is 80.1 cm³/mol. The van der Waals surface area contributed by atoms with Gasteiger partial charge in [0.05, 0.1) is 17.9 Å². The number of ether oxygens (including phenoxy) is 1. The standard InChI is InChI=1S/C14H17N3O2S/c1-19-6-5-17-12-4-2-3-9(12)7-10(13(17)18)11-8-20-14(15)16-11/h7-8H,2-6H2,1H3,(H2,15,16). The van der Waals surface area contributed by atoms with Crippen molar-refractivity contribution < 1.29 is 4.74 Å². The van der Waals surface area contributed by atoms with Gasteiger partial charge in [-0.25, -0.2) is 4.98 Å². The Kier molecular flexibility index (Phi) is 3.58. The van der Waals surface area contributed by atoms with Crippen LogP contribution < -0.4 is 11.3 Å². The van der Waals surface area contributed by atoms with Gasteiger partial charge in [0.2, 0.25) is 0 Å². The third-order valence-electron chi connectivity index (χ3n) is 3.67. The summed E-state index contributed by atoms with van der Waals surface area (Å²) >= 11 is 1.36. The lowest BCUT2D eigenvalue weighted by Crippen LogP contribution is -2.27. The second-order valence-corrected chi connectivity index (χ2v) is 5.79. The first-order chi connectivity index (χ1) is 9.70. The van der Waals surface area contributed by atoms with Crippen LogP contribution in [0.2, 0.25) is 0 Å². The molecule has 0 fully saturated rings. The molecule has 6 heteroatoms. The number of fused-ring (bicyclic) bond motifs is 1. The molecule has 3 rings (SSSR count). The van der Waals surface area contributed by atoms with Crippen molar-refractivity contribution in [2.75, 3.05) is 19.5 Å². The number of aryl methyl sites for hydroxylation is 1. The molecule has 0 unspecified atom stereocenters. The molecule has 106 valence electrons. The number of hydrogen-bond acceptors (Lipinski definition) is 5. The van der Waals surface area contributed by atoms with Crippen LogP contribution in [-0.2, 0) is 24.1 Å². The molecule has 0 radical (unpaired) electrons. The highest BCUT2D eigenvalue weighted by atomic mass is 32.1. The van der Waals surface area contributed by atoms with Gasteiger partial charge < -0.3 is 15.0 Å². The van der Waals surface area contributed by atoms with Crippen molar-refractivity contribution in [2.24, 2.45) is 0 Å². The number of nitrogens with two attached hydrogens (primary N) is 1. The molecule has 20 heavy (non-hydrogen) atoms. The summed E-state index contributed by atoms with van der Waals surface area (Å²) in [5.74, 6) is 0. The fraction of sp³-hybridized carbons (Fsp3) is 0.429. The summed E-state index contributed by atoms with van der Waals surface area (Å²) in [6.07, 6.45) is 3.09. The van der Waals surface area contributed by atoms with Crippen LogP contribution in [0.3, 0.4) is 0 Å². The summed E-state index contributed by atoms with van der Waals surface area (Å²) in [6, 6.07) is 1.99. The third-order valence-corrected chi connectivity index (χ3v) is 4.34. The Morgan fingerprint density at radius 3 is 3.05 bits per heavy atom. The summed E-state index contributed by atoms with van der Waals surface area (Å²) in [5, 5.41) is 2.33. The summed E-state index contributed by atoms with van der Waals surface area (Å²) in [5.41, 5.74) is 9.41. The molecule has 2 aromatic rings. The maximum absolute atomic E-state index is 12.7. The number of aromatic nitrogens is 2. The fourth-order valence-electron chi connectivity index (χ4n) is 2.73. The van der Waals surface area contributed by atoms with E-state index >= 15 is 0 Å². The molecule has 2 heterocycles. The molecule has 0 saturated heterocycles. The van der Waals surface area contributed by atoms with Crippen molar-refractivity contribution in [3.05, 3.63) is 33.1 Å². The fourth-order valence-corrected chi connectivity index (χ4v) is 3.30. The second kappa shape index (κ2) is 5.38. The van der Waals surface area contributed by atoms with Crippen molar-refractivity contribution in [1.29, 1.82) is 0 Å². The average molecular weight is 291 g/mol. The zero-order valence-corrected chi connectivity index (χ0v) is 12.2. The van der Waals surface area contributed by atoms with Gasteiger partial charge in [0.1, 0.15) is 0 Å². The maximum Gasteiger partial charge on any atom is 0.260 e. The number of hydrogen-bond donors (Lipinski definition) is 1. The van der Waals surface area contributed by atoms with Gasteiger partial charge in [-0.1, -0.05) is 0 Å². The summed E-state index contributed by atoms with van der Waals surface area (Å²) < 4.78 is 6.96. The summed E-state index contributed by atoms with van der Waals surface area (Å²) in [6.45, 7) is 1.13. The Balaban J connectivity index is 2.14. The minimum Gasteiger partial charge on any atom is -0.383 e. The molecule has 1 aliphatic rings. The van der Waals surface area contributed by atoms with Crippen LogP contribution in [0, 0.1) is 0 Å². The van der Waals surface area contributed by atoms with E-state index < -0.39 is 0 Å². The molecule has 0 saturated carbocycles. The molecule has 0 amide bonds. The van der Waals surface area contributed by atoms with E-state index in [-0.39, 0.29) is 5.56 Å². The zero-order valence-electron chi connectivity index (χ0n) is 11.4. The molecule has 1 aliphatic carbocycles. The first-order valence-corrected chi connectivity index (χ1v) is 7.54. The first-order valence-electron chi connectivity index (χ1n) is 6.66. The largest absolute Gasteiger partial charge is 0.383 e. The lowest BCUT2D eigenvalue weighted by atomic mass is 10.1. The van der Waals surface area contributed by atoms with Crippen LogP contribution in [0.15, 0.2) is 16.2 Å². The van der Waals surface area contributed by atoms with Crippen LogP contribution in [-0.4, -0.2) is 23.3 Å². The van der Waals surface area contributed by atoms with Crippen LogP contribution >= 0.6 is 11.3 Å². The topological polar surface area (TPSA) is 70.1 Å². The molecule has 2 N–H and O–H groups in total. The van der Waals surface area contributed by atoms with E-state index in [0.29, 0.717) is 29.5 Å². The second-order valence-electron chi connectivity index (χ2n) is 4.90. The minimum atomic E-state index is 0.00741. The van der Waals surface area contributed by atoms with E-state index in [1.165, 1.54) is 16.9 Å². The summed E-state index contributed by atoms with van der Waals surface area (Å²) in [7, 11) is 1.65. The Bertz CT molecular complexity index is 690. The molecule has 0 bridgehead atoms. The van der Waals surface area contributed by atoms with E-state index in [4.69, 9.17) is 10.5 Å².